The minimum absolute atomic E-state index is 0.252. The van der Waals surface area contributed by atoms with Gasteiger partial charge in [-0.2, -0.15) is 5.26 Å². The number of benzene rings is 2. The Labute approximate surface area is 153 Å². The van der Waals surface area contributed by atoms with Crippen LogP contribution in [0.1, 0.15) is 23.6 Å². The Morgan fingerprint density at radius 3 is 2.62 bits per heavy atom. The first-order valence-corrected chi connectivity index (χ1v) is 8.39. The van der Waals surface area contributed by atoms with Crippen LogP contribution in [0.5, 0.6) is 5.75 Å². The summed E-state index contributed by atoms with van der Waals surface area (Å²) in [6.07, 6.45) is 0. The van der Waals surface area contributed by atoms with Crippen LogP contribution in [0.15, 0.2) is 47.5 Å². The fourth-order valence-electron chi connectivity index (χ4n) is 2.55. The van der Waals surface area contributed by atoms with Gasteiger partial charge in [0.05, 0.1) is 18.2 Å². The highest BCUT2D eigenvalue weighted by Crippen LogP contribution is 2.14. The van der Waals surface area contributed by atoms with E-state index in [1.165, 1.54) is 12.1 Å². The zero-order valence-corrected chi connectivity index (χ0v) is 15.3. The highest BCUT2D eigenvalue weighted by atomic mass is 19.1. The molecule has 0 bridgehead atoms. The first-order chi connectivity index (χ1) is 12.6. The van der Waals surface area contributed by atoms with Crippen molar-refractivity contribution in [2.24, 2.45) is 4.99 Å². The molecule has 6 heteroatoms. The SMILES string of the molecule is CCOc1ccc(CN(C)C(=NC)NCc2cc(C#N)ccc2F)cc1. The summed E-state index contributed by atoms with van der Waals surface area (Å²) in [5, 5.41) is 12.1. The Hall–Kier alpha value is -3.07. The van der Waals surface area contributed by atoms with Crippen molar-refractivity contribution in [2.75, 3.05) is 20.7 Å². The molecule has 1 N–H and O–H groups in total. The Bertz CT molecular complexity index is 796. The summed E-state index contributed by atoms with van der Waals surface area (Å²) in [7, 11) is 3.59. The zero-order chi connectivity index (χ0) is 18.9. The van der Waals surface area contributed by atoms with Crippen LogP contribution >= 0.6 is 0 Å². The molecule has 0 aliphatic heterocycles. The number of guanidine groups is 1. The summed E-state index contributed by atoms with van der Waals surface area (Å²) in [5.41, 5.74) is 1.97. The molecule has 0 saturated heterocycles. The van der Waals surface area contributed by atoms with Gasteiger partial charge in [-0.3, -0.25) is 4.99 Å². The average molecular weight is 354 g/mol. The monoisotopic (exact) mass is 354 g/mol. The zero-order valence-electron chi connectivity index (χ0n) is 15.3. The van der Waals surface area contributed by atoms with Crippen molar-refractivity contribution in [1.82, 2.24) is 10.2 Å². The number of nitrogens with zero attached hydrogens (tertiary/aromatic N) is 3. The van der Waals surface area contributed by atoms with Crippen LogP contribution in [0.2, 0.25) is 0 Å². The van der Waals surface area contributed by atoms with Crippen LogP contribution in [0.25, 0.3) is 0 Å². The predicted octanol–water partition coefficient (Wildman–Crippen LogP) is 3.30. The molecular formula is C20H23FN4O. The van der Waals surface area contributed by atoms with Gasteiger partial charge in [0.2, 0.25) is 0 Å². The van der Waals surface area contributed by atoms with Crippen molar-refractivity contribution in [2.45, 2.75) is 20.0 Å². The van der Waals surface area contributed by atoms with Gasteiger partial charge in [-0.15, -0.1) is 0 Å². The molecule has 0 heterocycles. The number of nitrogens with one attached hydrogen (secondary N) is 1. The summed E-state index contributed by atoms with van der Waals surface area (Å²) in [4.78, 5) is 6.18. The predicted molar refractivity (Wildman–Crippen MR) is 100 cm³/mol. The van der Waals surface area contributed by atoms with E-state index in [9.17, 15) is 4.39 Å². The van der Waals surface area contributed by atoms with E-state index in [1.807, 2.05) is 49.2 Å². The van der Waals surface area contributed by atoms with E-state index in [-0.39, 0.29) is 12.4 Å². The maximum atomic E-state index is 13.9. The van der Waals surface area contributed by atoms with Crippen molar-refractivity contribution in [3.63, 3.8) is 0 Å². The molecule has 5 nitrogen and oxygen atoms in total. The molecule has 0 atom stereocenters. The molecular weight excluding hydrogens is 331 g/mol. The van der Waals surface area contributed by atoms with Gasteiger partial charge in [-0.1, -0.05) is 12.1 Å². The Kier molecular flexibility index (Phi) is 6.98. The van der Waals surface area contributed by atoms with Gasteiger partial charge >= 0.3 is 0 Å². The molecule has 0 aliphatic rings. The molecule has 136 valence electrons. The Morgan fingerprint density at radius 1 is 1.27 bits per heavy atom. The molecule has 2 aromatic carbocycles. The Balaban J connectivity index is 1.98. The van der Waals surface area contributed by atoms with E-state index < -0.39 is 0 Å². The van der Waals surface area contributed by atoms with E-state index in [0.717, 1.165) is 11.3 Å². The van der Waals surface area contributed by atoms with E-state index >= 15 is 0 Å². The molecule has 0 saturated carbocycles. The van der Waals surface area contributed by atoms with Crippen molar-refractivity contribution < 1.29 is 9.13 Å². The minimum Gasteiger partial charge on any atom is -0.494 e. The third-order valence-corrected chi connectivity index (χ3v) is 3.84. The number of hydrogen-bond donors (Lipinski definition) is 1. The lowest BCUT2D eigenvalue weighted by Gasteiger charge is -2.22. The van der Waals surface area contributed by atoms with Crippen molar-refractivity contribution in [1.29, 1.82) is 5.26 Å². The van der Waals surface area contributed by atoms with Crippen LogP contribution < -0.4 is 10.1 Å². The summed E-state index contributed by atoms with van der Waals surface area (Å²) in [6, 6.07) is 14.2. The molecule has 0 amide bonds. The molecule has 0 radical (unpaired) electrons. The summed E-state index contributed by atoms with van der Waals surface area (Å²) in [6.45, 7) is 3.49. The molecule has 2 aromatic rings. The second kappa shape index (κ2) is 9.42. The highest BCUT2D eigenvalue weighted by molar-refractivity contribution is 5.79. The van der Waals surface area contributed by atoms with Crippen molar-refractivity contribution >= 4 is 5.96 Å². The van der Waals surface area contributed by atoms with Gasteiger partial charge in [0, 0.05) is 32.7 Å². The summed E-state index contributed by atoms with van der Waals surface area (Å²) >= 11 is 0. The third kappa shape index (κ3) is 5.21. The first-order valence-electron chi connectivity index (χ1n) is 8.39. The highest BCUT2D eigenvalue weighted by Gasteiger charge is 2.09. The smallest absolute Gasteiger partial charge is 0.193 e. The Morgan fingerprint density at radius 2 is 2.00 bits per heavy atom. The van der Waals surface area contributed by atoms with E-state index in [1.54, 1.807) is 13.1 Å². The lowest BCUT2D eigenvalue weighted by atomic mass is 10.1. The van der Waals surface area contributed by atoms with Gasteiger partial charge in [0.1, 0.15) is 11.6 Å². The summed E-state index contributed by atoms with van der Waals surface area (Å²) < 4.78 is 19.3. The molecule has 0 unspecified atom stereocenters. The largest absolute Gasteiger partial charge is 0.494 e. The number of aliphatic imine (C=N–C) groups is 1. The maximum absolute atomic E-state index is 13.9. The summed E-state index contributed by atoms with van der Waals surface area (Å²) in [5.74, 6) is 1.14. The molecule has 2 rings (SSSR count). The van der Waals surface area contributed by atoms with Gasteiger partial charge in [-0.05, 0) is 42.8 Å². The lowest BCUT2D eigenvalue weighted by Crippen LogP contribution is -2.38. The molecule has 26 heavy (non-hydrogen) atoms. The number of ether oxygens (including phenoxy) is 1. The van der Waals surface area contributed by atoms with Crippen molar-refractivity contribution in [3.05, 3.63) is 65.0 Å². The van der Waals surface area contributed by atoms with Gasteiger partial charge < -0.3 is 15.0 Å². The van der Waals surface area contributed by atoms with E-state index in [2.05, 4.69) is 10.3 Å². The standard InChI is InChI=1S/C20H23FN4O/c1-4-26-18-8-5-15(6-9-18)14-25(3)20(23-2)24-13-17-11-16(12-22)7-10-19(17)21/h5-11H,4,13-14H2,1-3H3,(H,23,24). The van der Waals surface area contributed by atoms with Crippen LogP contribution in [0.3, 0.4) is 0 Å². The van der Waals surface area contributed by atoms with E-state index in [0.29, 0.717) is 30.2 Å². The third-order valence-electron chi connectivity index (χ3n) is 3.84. The molecule has 0 aromatic heterocycles. The molecule has 0 aliphatic carbocycles. The maximum Gasteiger partial charge on any atom is 0.193 e. The van der Waals surface area contributed by atoms with Crippen LogP contribution in [-0.4, -0.2) is 31.6 Å². The number of nitriles is 1. The van der Waals surface area contributed by atoms with Gasteiger partial charge in [-0.25, -0.2) is 4.39 Å². The number of rotatable bonds is 6. The normalized spacial score (nSPS) is 11.0. The average Bonchev–Trinajstić information content (AvgIpc) is 2.65. The van der Waals surface area contributed by atoms with E-state index in [4.69, 9.17) is 10.00 Å². The number of halogens is 1. The quantitative estimate of drug-likeness (QED) is 0.639. The lowest BCUT2D eigenvalue weighted by molar-refractivity contribution is 0.340. The topological polar surface area (TPSA) is 60.6 Å². The van der Waals surface area contributed by atoms with Gasteiger partial charge in [0.25, 0.3) is 0 Å². The fraction of sp³-hybridized carbons (Fsp3) is 0.300. The minimum atomic E-state index is -0.346. The van der Waals surface area contributed by atoms with Crippen LogP contribution in [0, 0.1) is 17.1 Å². The van der Waals surface area contributed by atoms with Gasteiger partial charge in [0.15, 0.2) is 5.96 Å². The van der Waals surface area contributed by atoms with Crippen LogP contribution in [-0.2, 0) is 13.1 Å². The van der Waals surface area contributed by atoms with Crippen LogP contribution in [0.4, 0.5) is 4.39 Å². The number of hydrogen-bond acceptors (Lipinski definition) is 3. The first kappa shape index (κ1) is 19.3. The second-order valence-electron chi connectivity index (χ2n) is 5.75. The molecule has 0 spiro atoms. The van der Waals surface area contributed by atoms with Crippen molar-refractivity contribution in [3.8, 4) is 11.8 Å². The molecule has 0 fully saturated rings. The fourth-order valence-corrected chi connectivity index (χ4v) is 2.55. The second-order valence-corrected chi connectivity index (χ2v) is 5.75.